The zero-order chi connectivity index (χ0) is 27.8. The van der Waals surface area contributed by atoms with Crippen LogP contribution in [0.5, 0.6) is 0 Å². The summed E-state index contributed by atoms with van der Waals surface area (Å²) in [7, 11) is 0. The number of halogens is 1. The Labute approximate surface area is 233 Å². The van der Waals surface area contributed by atoms with Crippen LogP contribution in [0, 0.1) is 6.92 Å². The molecular formula is C28H38ClN5O3S. The lowest BCUT2D eigenvalue weighted by molar-refractivity contribution is -0.127. The summed E-state index contributed by atoms with van der Waals surface area (Å²) in [6.45, 7) is 14.2. The van der Waals surface area contributed by atoms with Gasteiger partial charge in [-0.25, -0.2) is 4.98 Å². The van der Waals surface area contributed by atoms with Crippen LogP contribution in [0.4, 0.5) is 5.69 Å². The number of nitrogens with zero attached hydrogens (tertiary/aromatic N) is 5. The van der Waals surface area contributed by atoms with E-state index in [2.05, 4.69) is 9.88 Å². The second-order valence-corrected chi connectivity index (χ2v) is 10.2. The number of carbonyl (C=O) groups is 2. The first-order valence-electron chi connectivity index (χ1n) is 13.5. The molecular weight excluding hydrogens is 522 g/mol. The summed E-state index contributed by atoms with van der Waals surface area (Å²) < 4.78 is 1.55. The number of rotatable bonds is 5. The SMILES string of the molecule is CC.CC.Cc1c(C(=O)N2CCN(c3ccc(Cl)cc3)CC2)sc2ncn(CCN3CCCC3=O)c(=O)c12. The first-order chi connectivity index (χ1) is 18.4. The molecule has 0 saturated carbocycles. The minimum absolute atomic E-state index is 0.0510. The fraction of sp³-hybridized carbons (Fsp3) is 0.500. The highest BCUT2D eigenvalue weighted by atomic mass is 35.5. The number of likely N-dealkylation sites (tertiary alicyclic amines) is 1. The van der Waals surface area contributed by atoms with E-state index in [0.29, 0.717) is 58.3 Å². The number of anilines is 1. The molecule has 2 fully saturated rings. The van der Waals surface area contributed by atoms with Gasteiger partial charge in [0, 0.05) is 62.9 Å². The van der Waals surface area contributed by atoms with Crippen LogP contribution in [0.1, 0.15) is 55.8 Å². The molecule has 2 amide bonds. The second kappa shape index (κ2) is 13.8. The fourth-order valence-corrected chi connectivity index (χ4v) is 5.89. The van der Waals surface area contributed by atoms with Gasteiger partial charge in [0.2, 0.25) is 5.91 Å². The molecule has 4 heterocycles. The Morgan fingerprint density at radius 1 is 0.974 bits per heavy atom. The first-order valence-corrected chi connectivity index (χ1v) is 14.7. The summed E-state index contributed by atoms with van der Waals surface area (Å²) >= 11 is 7.27. The van der Waals surface area contributed by atoms with Crippen LogP contribution in [0.25, 0.3) is 10.2 Å². The minimum atomic E-state index is -0.156. The van der Waals surface area contributed by atoms with Gasteiger partial charge in [-0.2, -0.15) is 0 Å². The van der Waals surface area contributed by atoms with Crippen molar-refractivity contribution in [2.75, 3.05) is 44.2 Å². The summed E-state index contributed by atoms with van der Waals surface area (Å²) in [6.07, 6.45) is 2.98. The van der Waals surface area contributed by atoms with E-state index in [1.54, 1.807) is 9.47 Å². The van der Waals surface area contributed by atoms with Crippen LogP contribution in [-0.4, -0.2) is 70.4 Å². The maximum Gasteiger partial charge on any atom is 0.264 e. The largest absolute Gasteiger partial charge is 0.368 e. The van der Waals surface area contributed by atoms with Crippen LogP contribution in [-0.2, 0) is 11.3 Å². The van der Waals surface area contributed by atoms with Crippen molar-refractivity contribution in [3.8, 4) is 0 Å². The molecule has 10 heteroatoms. The number of benzene rings is 1. The summed E-state index contributed by atoms with van der Waals surface area (Å²) in [5.41, 5.74) is 1.63. The molecule has 0 spiro atoms. The molecule has 3 aromatic rings. The Bertz CT molecular complexity index is 1300. The number of hydrogen-bond acceptors (Lipinski definition) is 6. The Kier molecular flexibility index (Phi) is 10.7. The van der Waals surface area contributed by atoms with Gasteiger partial charge < -0.3 is 14.7 Å². The van der Waals surface area contributed by atoms with E-state index in [0.717, 1.165) is 31.7 Å². The maximum absolute atomic E-state index is 13.3. The number of hydrogen-bond donors (Lipinski definition) is 0. The predicted molar refractivity (Wildman–Crippen MR) is 157 cm³/mol. The van der Waals surface area contributed by atoms with Gasteiger partial charge in [-0.05, 0) is 43.2 Å². The van der Waals surface area contributed by atoms with Gasteiger partial charge in [-0.3, -0.25) is 19.0 Å². The Morgan fingerprint density at radius 2 is 1.63 bits per heavy atom. The van der Waals surface area contributed by atoms with Crippen LogP contribution in [0.15, 0.2) is 35.4 Å². The average Bonchev–Trinajstić information content (AvgIpc) is 3.53. The summed E-state index contributed by atoms with van der Waals surface area (Å²) in [6, 6.07) is 7.73. The highest BCUT2D eigenvalue weighted by Crippen LogP contribution is 2.29. The van der Waals surface area contributed by atoms with E-state index in [1.807, 2.05) is 63.8 Å². The van der Waals surface area contributed by atoms with Gasteiger partial charge in [0.25, 0.3) is 11.5 Å². The number of aryl methyl sites for hydroxylation is 1. The van der Waals surface area contributed by atoms with Gasteiger partial charge in [0.15, 0.2) is 0 Å². The number of aromatic nitrogens is 2. The second-order valence-electron chi connectivity index (χ2n) is 8.72. The standard InChI is InChI=1S/C24H26ClN5O3S.2C2H6/c1-16-20-22(26-15-30(23(20)32)14-11-28-8-2-3-19(28)31)34-21(16)24(33)29-12-9-27(10-13-29)18-6-4-17(25)5-7-18;2*1-2/h4-7,15H,2-3,8-14H2,1H3;2*1-2H3. The molecule has 2 aromatic heterocycles. The smallest absolute Gasteiger partial charge is 0.264 e. The predicted octanol–water partition coefficient (Wildman–Crippen LogP) is 5.06. The number of thiophene rings is 1. The fourth-order valence-electron chi connectivity index (χ4n) is 4.65. The zero-order valence-corrected chi connectivity index (χ0v) is 24.6. The van der Waals surface area contributed by atoms with Crippen molar-refractivity contribution in [3.63, 3.8) is 0 Å². The lowest BCUT2D eigenvalue weighted by atomic mass is 10.2. The summed E-state index contributed by atoms with van der Waals surface area (Å²) in [5.74, 6) is 0.0858. The highest BCUT2D eigenvalue weighted by molar-refractivity contribution is 7.20. The van der Waals surface area contributed by atoms with Crippen molar-refractivity contribution < 1.29 is 9.59 Å². The molecule has 206 valence electrons. The van der Waals surface area contributed by atoms with Crippen molar-refractivity contribution >= 4 is 50.7 Å². The minimum Gasteiger partial charge on any atom is -0.368 e. The number of carbonyl (C=O) groups excluding carboxylic acids is 2. The third-order valence-electron chi connectivity index (χ3n) is 6.65. The molecule has 0 aliphatic carbocycles. The lowest BCUT2D eigenvalue weighted by Crippen LogP contribution is -2.48. The molecule has 2 saturated heterocycles. The Hall–Kier alpha value is -2.91. The van der Waals surface area contributed by atoms with E-state index in [9.17, 15) is 14.4 Å². The molecule has 5 rings (SSSR count). The Balaban J connectivity index is 0.000000956. The molecule has 1 aromatic carbocycles. The van der Waals surface area contributed by atoms with Gasteiger partial charge in [0.05, 0.1) is 16.6 Å². The molecule has 0 radical (unpaired) electrons. The van der Waals surface area contributed by atoms with Crippen LogP contribution in [0.2, 0.25) is 5.02 Å². The summed E-state index contributed by atoms with van der Waals surface area (Å²) in [4.78, 5) is 49.8. The number of piperazine rings is 1. The summed E-state index contributed by atoms with van der Waals surface area (Å²) in [5, 5.41) is 1.21. The van der Waals surface area contributed by atoms with Gasteiger partial charge in [-0.1, -0.05) is 39.3 Å². The molecule has 0 N–H and O–H groups in total. The van der Waals surface area contributed by atoms with Crippen LogP contribution >= 0.6 is 22.9 Å². The van der Waals surface area contributed by atoms with Gasteiger partial charge in [-0.15, -0.1) is 11.3 Å². The van der Waals surface area contributed by atoms with Crippen molar-refractivity contribution in [1.82, 2.24) is 19.4 Å². The van der Waals surface area contributed by atoms with E-state index < -0.39 is 0 Å². The molecule has 0 bridgehead atoms. The van der Waals surface area contributed by atoms with E-state index >= 15 is 0 Å². The molecule has 2 aliphatic rings. The average molecular weight is 560 g/mol. The topological polar surface area (TPSA) is 78.8 Å². The van der Waals surface area contributed by atoms with Crippen LogP contribution < -0.4 is 10.5 Å². The molecule has 38 heavy (non-hydrogen) atoms. The van der Waals surface area contributed by atoms with Crippen LogP contribution in [0.3, 0.4) is 0 Å². The quantitative estimate of drug-likeness (QED) is 0.437. The Morgan fingerprint density at radius 3 is 2.24 bits per heavy atom. The van der Waals surface area contributed by atoms with Crippen molar-refractivity contribution in [1.29, 1.82) is 0 Å². The monoisotopic (exact) mass is 559 g/mol. The van der Waals surface area contributed by atoms with E-state index in [1.165, 1.54) is 17.7 Å². The van der Waals surface area contributed by atoms with Gasteiger partial charge >= 0.3 is 0 Å². The third-order valence-corrected chi connectivity index (χ3v) is 8.09. The maximum atomic E-state index is 13.3. The zero-order valence-electron chi connectivity index (χ0n) is 23.0. The lowest BCUT2D eigenvalue weighted by Gasteiger charge is -2.36. The molecule has 0 unspecified atom stereocenters. The van der Waals surface area contributed by atoms with E-state index in [-0.39, 0.29) is 17.4 Å². The highest BCUT2D eigenvalue weighted by Gasteiger charge is 2.27. The number of fused-ring (bicyclic) bond motifs is 1. The third kappa shape index (κ3) is 6.38. The molecule has 8 nitrogen and oxygen atoms in total. The molecule has 2 aliphatic heterocycles. The van der Waals surface area contributed by atoms with Crippen molar-refractivity contribution in [2.45, 2.75) is 54.0 Å². The van der Waals surface area contributed by atoms with Gasteiger partial charge in [0.1, 0.15) is 4.83 Å². The van der Waals surface area contributed by atoms with Crippen molar-refractivity contribution in [3.05, 3.63) is 56.4 Å². The normalized spacial score (nSPS) is 15.2. The van der Waals surface area contributed by atoms with Crippen molar-refractivity contribution in [2.24, 2.45) is 0 Å². The van der Waals surface area contributed by atoms with E-state index in [4.69, 9.17) is 11.6 Å². The number of amides is 2. The first kappa shape index (κ1) is 29.6. The molecule has 0 atom stereocenters.